The van der Waals surface area contributed by atoms with Crippen LogP contribution in [0.5, 0.6) is 0 Å². The first-order valence-corrected chi connectivity index (χ1v) is 5.76. The summed E-state index contributed by atoms with van der Waals surface area (Å²) >= 11 is 0. The second-order valence-corrected chi connectivity index (χ2v) is 4.72. The van der Waals surface area contributed by atoms with E-state index in [1.54, 1.807) is 6.07 Å². The summed E-state index contributed by atoms with van der Waals surface area (Å²) in [5.41, 5.74) is 1.88. The zero-order valence-electron chi connectivity index (χ0n) is 9.59. The van der Waals surface area contributed by atoms with Gasteiger partial charge in [-0.25, -0.2) is 4.39 Å². The van der Waals surface area contributed by atoms with E-state index in [0.29, 0.717) is 0 Å². The summed E-state index contributed by atoms with van der Waals surface area (Å²) in [4.78, 5) is 0. The lowest BCUT2D eigenvalue weighted by Gasteiger charge is -2.28. The molecule has 1 unspecified atom stereocenters. The van der Waals surface area contributed by atoms with Gasteiger partial charge in [-0.3, -0.25) is 0 Å². The number of halogens is 1. The van der Waals surface area contributed by atoms with Crippen molar-refractivity contribution in [1.82, 2.24) is 5.32 Å². The van der Waals surface area contributed by atoms with Crippen LogP contribution in [0.3, 0.4) is 0 Å². The molecule has 2 rings (SSSR count). The van der Waals surface area contributed by atoms with Crippen molar-refractivity contribution >= 4 is 0 Å². The van der Waals surface area contributed by atoms with Crippen molar-refractivity contribution in [2.45, 2.75) is 31.7 Å². The second kappa shape index (κ2) is 4.52. The van der Waals surface area contributed by atoms with Crippen LogP contribution in [0.25, 0.3) is 0 Å². The molecule has 0 spiro atoms. The van der Waals surface area contributed by atoms with E-state index >= 15 is 0 Å². The Bertz CT molecular complexity index is 372. The lowest BCUT2D eigenvalue weighted by Crippen LogP contribution is -2.45. The average Bonchev–Trinajstić information content (AvgIpc) is 2.72. The summed E-state index contributed by atoms with van der Waals surface area (Å²) in [6, 6.07) is 4.86. The molecule has 1 aliphatic rings. The normalized spacial score (nSPS) is 24.9. The van der Waals surface area contributed by atoms with Crippen molar-refractivity contribution in [1.29, 1.82) is 0 Å². The molecule has 88 valence electrons. The van der Waals surface area contributed by atoms with Crippen LogP contribution in [0.15, 0.2) is 18.2 Å². The minimum atomic E-state index is -0.196. The van der Waals surface area contributed by atoms with Crippen LogP contribution in [0.4, 0.5) is 4.39 Å². The van der Waals surface area contributed by atoms with Crippen LogP contribution in [0.1, 0.15) is 24.0 Å². The number of aryl methyl sites for hydroxylation is 1. The van der Waals surface area contributed by atoms with Crippen LogP contribution in [-0.4, -0.2) is 23.8 Å². The van der Waals surface area contributed by atoms with Crippen LogP contribution in [-0.2, 0) is 6.42 Å². The fourth-order valence-electron chi connectivity index (χ4n) is 2.43. The molecular formula is C13H18FNO. The molecule has 1 heterocycles. The van der Waals surface area contributed by atoms with E-state index in [9.17, 15) is 9.50 Å². The Morgan fingerprint density at radius 1 is 1.50 bits per heavy atom. The van der Waals surface area contributed by atoms with Crippen LogP contribution >= 0.6 is 0 Å². The Hall–Kier alpha value is -0.930. The van der Waals surface area contributed by atoms with Gasteiger partial charge >= 0.3 is 0 Å². The Morgan fingerprint density at radius 3 is 2.88 bits per heavy atom. The monoisotopic (exact) mass is 223 g/mol. The van der Waals surface area contributed by atoms with Crippen molar-refractivity contribution in [2.75, 3.05) is 13.2 Å². The number of hydrogen-bond acceptors (Lipinski definition) is 2. The second-order valence-electron chi connectivity index (χ2n) is 4.72. The van der Waals surface area contributed by atoms with Gasteiger partial charge in [-0.15, -0.1) is 0 Å². The Balaban J connectivity index is 2.19. The molecule has 1 fully saturated rings. The minimum absolute atomic E-state index is 0.143. The molecule has 16 heavy (non-hydrogen) atoms. The molecule has 1 aromatic carbocycles. The highest BCUT2D eigenvalue weighted by molar-refractivity contribution is 5.28. The molecule has 0 saturated carbocycles. The maximum Gasteiger partial charge on any atom is 0.123 e. The first kappa shape index (κ1) is 11.6. The molecule has 3 heteroatoms. The number of aliphatic hydroxyl groups excluding tert-OH is 1. The number of aliphatic hydroxyl groups is 1. The average molecular weight is 223 g/mol. The van der Waals surface area contributed by atoms with Gasteiger partial charge in [0.05, 0.1) is 6.61 Å². The highest BCUT2D eigenvalue weighted by Gasteiger charge is 2.33. The Labute approximate surface area is 95.5 Å². The molecule has 0 bridgehead atoms. The van der Waals surface area contributed by atoms with Gasteiger partial charge in [0.2, 0.25) is 0 Å². The van der Waals surface area contributed by atoms with Crippen LogP contribution < -0.4 is 5.32 Å². The number of hydrogen-bond donors (Lipinski definition) is 2. The van der Waals surface area contributed by atoms with E-state index in [2.05, 4.69) is 5.32 Å². The van der Waals surface area contributed by atoms with Crippen LogP contribution in [0.2, 0.25) is 0 Å². The van der Waals surface area contributed by atoms with E-state index in [1.807, 2.05) is 13.0 Å². The molecule has 1 aromatic rings. The summed E-state index contributed by atoms with van der Waals surface area (Å²) in [6.45, 7) is 3.02. The summed E-state index contributed by atoms with van der Waals surface area (Å²) < 4.78 is 13.0. The lowest BCUT2D eigenvalue weighted by molar-refractivity contribution is 0.177. The van der Waals surface area contributed by atoms with Crippen molar-refractivity contribution in [3.63, 3.8) is 0 Å². The van der Waals surface area contributed by atoms with Gasteiger partial charge in [-0.1, -0.05) is 6.07 Å². The van der Waals surface area contributed by atoms with Crippen molar-refractivity contribution in [3.05, 3.63) is 35.1 Å². The molecule has 0 amide bonds. The molecule has 0 aromatic heterocycles. The van der Waals surface area contributed by atoms with E-state index in [0.717, 1.165) is 36.9 Å². The van der Waals surface area contributed by atoms with E-state index in [-0.39, 0.29) is 18.0 Å². The van der Waals surface area contributed by atoms with Gasteiger partial charge in [-0.2, -0.15) is 0 Å². The predicted octanol–water partition coefficient (Wildman–Crippen LogP) is 1.79. The quantitative estimate of drug-likeness (QED) is 0.819. The molecular weight excluding hydrogens is 205 g/mol. The van der Waals surface area contributed by atoms with Gasteiger partial charge in [0.1, 0.15) is 5.82 Å². The Kier molecular flexibility index (Phi) is 3.26. The third-order valence-corrected chi connectivity index (χ3v) is 3.47. The first-order chi connectivity index (χ1) is 7.65. The summed E-state index contributed by atoms with van der Waals surface area (Å²) in [5, 5.41) is 12.9. The minimum Gasteiger partial charge on any atom is -0.394 e. The molecule has 1 atom stereocenters. The molecule has 2 N–H and O–H groups in total. The number of rotatable bonds is 3. The Morgan fingerprint density at radius 2 is 2.31 bits per heavy atom. The smallest absolute Gasteiger partial charge is 0.123 e. The number of benzene rings is 1. The standard InChI is InChI=1S/C13H18FNO/c1-10-7-12(14)4-3-11(10)8-13(9-16)5-2-6-15-13/h3-4,7,15-16H,2,5-6,8-9H2,1H3. The van der Waals surface area contributed by atoms with Gasteiger partial charge in [0.25, 0.3) is 0 Å². The molecule has 0 radical (unpaired) electrons. The first-order valence-electron chi connectivity index (χ1n) is 5.76. The summed E-state index contributed by atoms with van der Waals surface area (Å²) in [7, 11) is 0. The fourth-order valence-corrected chi connectivity index (χ4v) is 2.43. The zero-order chi connectivity index (χ0) is 11.6. The van der Waals surface area contributed by atoms with Crippen molar-refractivity contribution < 1.29 is 9.50 Å². The maximum absolute atomic E-state index is 13.0. The lowest BCUT2D eigenvalue weighted by atomic mass is 9.88. The van der Waals surface area contributed by atoms with Crippen LogP contribution in [0, 0.1) is 12.7 Å². The van der Waals surface area contributed by atoms with E-state index < -0.39 is 0 Å². The van der Waals surface area contributed by atoms with E-state index in [1.165, 1.54) is 6.07 Å². The van der Waals surface area contributed by atoms with E-state index in [4.69, 9.17) is 0 Å². The van der Waals surface area contributed by atoms with Gasteiger partial charge in [-0.05, 0) is 56.0 Å². The highest BCUT2D eigenvalue weighted by Crippen LogP contribution is 2.25. The van der Waals surface area contributed by atoms with Gasteiger partial charge in [0, 0.05) is 5.54 Å². The molecule has 1 aliphatic heterocycles. The van der Waals surface area contributed by atoms with Gasteiger partial charge < -0.3 is 10.4 Å². The third-order valence-electron chi connectivity index (χ3n) is 3.47. The molecule has 0 aliphatic carbocycles. The number of nitrogens with one attached hydrogen (secondary N) is 1. The van der Waals surface area contributed by atoms with Crippen molar-refractivity contribution in [3.8, 4) is 0 Å². The molecule has 1 saturated heterocycles. The third kappa shape index (κ3) is 2.25. The zero-order valence-corrected chi connectivity index (χ0v) is 9.59. The summed E-state index contributed by atoms with van der Waals surface area (Å²) in [5.74, 6) is -0.196. The summed E-state index contributed by atoms with van der Waals surface area (Å²) in [6.07, 6.45) is 2.86. The SMILES string of the molecule is Cc1cc(F)ccc1CC1(CO)CCCN1. The highest BCUT2D eigenvalue weighted by atomic mass is 19.1. The topological polar surface area (TPSA) is 32.3 Å². The molecule has 2 nitrogen and oxygen atoms in total. The maximum atomic E-state index is 13.0. The predicted molar refractivity (Wildman–Crippen MR) is 61.9 cm³/mol. The van der Waals surface area contributed by atoms with Gasteiger partial charge in [0.15, 0.2) is 0 Å². The fraction of sp³-hybridized carbons (Fsp3) is 0.538. The van der Waals surface area contributed by atoms with Crippen molar-refractivity contribution in [2.24, 2.45) is 0 Å². The largest absolute Gasteiger partial charge is 0.394 e.